The van der Waals surface area contributed by atoms with Crippen molar-refractivity contribution in [2.24, 2.45) is 0 Å². The summed E-state index contributed by atoms with van der Waals surface area (Å²) in [5, 5.41) is 6.76. The molecule has 0 unspecified atom stereocenters. The van der Waals surface area contributed by atoms with Crippen LogP contribution in [0.25, 0.3) is 10.9 Å². The number of hydrogen-bond acceptors (Lipinski definition) is 3. The highest BCUT2D eigenvalue weighted by Crippen LogP contribution is 2.14. The monoisotopic (exact) mass is 257 g/mol. The van der Waals surface area contributed by atoms with Crippen molar-refractivity contribution in [3.05, 3.63) is 52.6 Å². The number of amides is 1. The summed E-state index contributed by atoms with van der Waals surface area (Å²) >= 11 is 1.53. The van der Waals surface area contributed by atoms with Crippen LogP contribution in [0.3, 0.4) is 0 Å². The van der Waals surface area contributed by atoms with Crippen LogP contribution in [-0.4, -0.2) is 15.9 Å². The average Bonchev–Trinajstić information content (AvgIpc) is 3.05. The van der Waals surface area contributed by atoms with E-state index in [4.69, 9.17) is 0 Å². The van der Waals surface area contributed by atoms with Gasteiger partial charge in [0.1, 0.15) is 5.01 Å². The van der Waals surface area contributed by atoms with Crippen LogP contribution in [0.5, 0.6) is 0 Å². The molecule has 90 valence electrons. The predicted octanol–water partition coefficient (Wildman–Crippen LogP) is 2.55. The van der Waals surface area contributed by atoms with Crippen LogP contribution in [0.4, 0.5) is 0 Å². The van der Waals surface area contributed by atoms with Gasteiger partial charge in [0.15, 0.2) is 0 Å². The Morgan fingerprint density at radius 1 is 1.39 bits per heavy atom. The summed E-state index contributed by atoms with van der Waals surface area (Å²) in [5.74, 6) is -0.0818. The van der Waals surface area contributed by atoms with Crippen molar-refractivity contribution in [2.75, 3.05) is 0 Å². The third kappa shape index (κ3) is 2.12. The molecule has 0 aliphatic rings. The molecule has 0 atom stereocenters. The van der Waals surface area contributed by atoms with E-state index < -0.39 is 0 Å². The molecule has 2 aromatic heterocycles. The summed E-state index contributed by atoms with van der Waals surface area (Å²) in [4.78, 5) is 19.2. The number of aromatic nitrogens is 2. The van der Waals surface area contributed by atoms with Gasteiger partial charge in [-0.15, -0.1) is 11.3 Å². The molecule has 3 rings (SSSR count). The van der Waals surface area contributed by atoms with Gasteiger partial charge in [0.25, 0.3) is 5.91 Å². The zero-order valence-corrected chi connectivity index (χ0v) is 10.3. The molecule has 1 aromatic carbocycles. The van der Waals surface area contributed by atoms with Gasteiger partial charge in [-0.3, -0.25) is 4.79 Å². The predicted molar refractivity (Wildman–Crippen MR) is 71.6 cm³/mol. The minimum Gasteiger partial charge on any atom is -0.361 e. The molecule has 0 aliphatic carbocycles. The molecule has 0 radical (unpaired) electrons. The maximum atomic E-state index is 12.0. The fourth-order valence-corrected chi connectivity index (χ4v) is 2.34. The number of carbonyl (C=O) groups excluding carboxylic acids is 1. The van der Waals surface area contributed by atoms with Gasteiger partial charge in [-0.25, -0.2) is 4.98 Å². The van der Waals surface area contributed by atoms with Gasteiger partial charge in [0.05, 0.1) is 6.54 Å². The lowest BCUT2D eigenvalue weighted by Crippen LogP contribution is -2.22. The molecule has 0 spiro atoms. The van der Waals surface area contributed by atoms with Gasteiger partial charge in [-0.1, -0.05) is 6.07 Å². The topological polar surface area (TPSA) is 57.8 Å². The number of nitrogens with one attached hydrogen (secondary N) is 2. The second-order valence-electron chi connectivity index (χ2n) is 3.89. The van der Waals surface area contributed by atoms with Crippen LogP contribution in [0.2, 0.25) is 0 Å². The molecule has 2 heterocycles. The van der Waals surface area contributed by atoms with Crippen molar-refractivity contribution in [3.8, 4) is 0 Å². The number of fused-ring (bicyclic) bond motifs is 1. The van der Waals surface area contributed by atoms with E-state index >= 15 is 0 Å². The maximum Gasteiger partial charge on any atom is 0.251 e. The van der Waals surface area contributed by atoms with Crippen molar-refractivity contribution < 1.29 is 4.79 Å². The summed E-state index contributed by atoms with van der Waals surface area (Å²) in [7, 11) is 0. The van der Waals surface area contributed by atoms with Gasteiger partial charge in [0, 0.05) is 28.9 Å². The molecule has 1 amide bonds. The molecule has 4 nitrogen and oxygen atoms in total. The first-order valence-electron chi connectivity index (χ1n) is 5.56. The van der Waals surface area contributed by atoms with Gasteiger partial charge in [0.2, 0.25) is 0 Å². The Labute approximate surface area is 108 Å². The number of thiazole rings is 1. The maximum absolute atomic E-state index is 12.0. The third-order valence-corrected chi connectivity index (χ3v) is 3.48. The Morgan fingerprint density at radius 2 is 2.33 bits per heavy atom. The van der Waals surface area contributed by atoms with Crippen molar-refractivity contribution in [3.63, 3.8) is 0 Å². The van der Waals surface area contributed by atoms with Gasteiger partial charge in [-0.2, -0.15) is 0 Å². The van der Waals surface area contributed by atoms with E-state index in [0.29, 0.717) is 12.1 Å². The Morgan fingerprint density at radius 3 is 3.17 bits per heavy atom. The van der Waals surface area contributed by atoms with Crippen LogP contribution in [-0.2, 0) is 6.54 Å². The summed E-state index contributed by atoms with van der Waals surface area (Å²) in [6.07, 6.45) is 3.60. The SMILES string of the molecule is O=C(NCc1nccs1)c1ccc2cc[nH]c2c1. The quantitative estimate of drug-likeness (QED) is 0.757. The fourth-order valence-electron chi connectivity index (χ4n) is 1.79. The van der Waals surface area contributed by atoms with E-state index in [-0.39, 0.29) is 5.91 Å². The minimum absolute atomic E-state index is 0.0818. The zero-order valence-electron chi connectivity index (χ0n) is 9.51. The first-order chi connectivity index (χ1) is 8.83. The summed E-state index contributed by atoms with van der Waals surface area (Å²) in [5.41, 5.74) is 1.62. The Bertz CT molecular complexity index is 672. The smallest absolute Gasteiger partial charge is 0.251 e. The van der Waals surface area contributed by atoms with E-state index in [1.54, 1.807) is 6.20 Å². The third-order valence-electron chi connectivity index (χ3n) is 2.70. The number of benzene rings is 1. The molecule has 18 heavy (non-hydrogen) atoms. The highest BCUT2D eigenvalue weighted by atomic mass is 32.1. The second kappa shape index (κ2) is 4.62. The van der Waals surface area contributed by atoms with Crippen LogP contribution in [0, 0.1) is 0 Å². The summed E-state index contributed by atoms with van der Waals surface area (Å²) in [6, 6.07) is 7.59. The molecule has 0 bridgehead atoms. The normalized spacial score (nSPS) is 10.7. The van der Waals surface area contributed by atoms with Crippen molar-refractivity contribution in [2.45, 2.75) is 6.54 Å². The standard InChI is InChI=1S/C13H11N3OS/c17-13(16-8-12-15-5-6-18-12)10-2-1-9-3-4-14-11(9)7-10/h1-7,14H,8H2,(H,16,17). The zero-order chi connectivity index (χ0) is 12.4. The second-order valence-corrected chi connectivity index (χ2v) is 4.87. The first-order valence-corrected chi connectivity index (χ1v) is 6.44. The molecule has 3 aromatic rings. The summed E-state index contributed by atoms with van der Waals surface area (Å²) < 4.78 is 0. The minimum atomic E-state index is -0.0818. The van der Waals surface area contributed by atoms with Crippen molar-refractivity contribution in [1.29, 1.82) is 0 Å². The molecule has 0 saturated carbocycles. The van der Waals surface area contributed by atoms with E-state index in [1.165, 1.54) is 11.3 Å². The first kappa shape index (κ1) is 11.0. The summed E-state index contributed by atoms with van der Waals surface area (Å²) in [6.45, 7) is 0.471. The van der Waals surface area contributed by atoms with Crippen LogP contribution in [0.15, 0.2) is 42.0 Å². The number of hydrogen-bond donors (Lipinski definition) is 2. The van der Waals surface area contributed by atoms with E-state index in [2.05, 4.69) is 15.3 Å². The van der Waals surface area contributed by atoms with Crippen LogP contribution in [0.1, 0.15) is 15.4 Å². The fraction of sp³-hybridized carbons (Fsp3) is 0.0769. The lowest BCUT2D eigenvalue weighted by molar-refractivity contribution is 0.0951. The van der Waals surface area contributed by atoms with E-state index in [1.807, 2.05) is 35.8 Å². The molecule has 5 heteroatoms. The average molecular weight is 257 g/mol. The van der Waals surface area contributed by atoms with Crippen LogP contribution < -0.4 is 5.32 Å². The number of rotatable bonds is 3. The van der Waals surface area contributed by atoms with Crippen LogP contribution >= 0.6 is 11.3 Å². The Balaban J connectivity index is 1.75. The largest absolute Gasteiger partial charge is 0.361 e. The molecule has 0 aliphatic heterocycles. The van der Waals surface area contributed by atoms with Gasteiger partial charge in [-0.05, 0) is 23.6 Å². The highest BCUT2D eigenvalue weighted by molar-refractivity contribution is 7.09. The molecular weight excluding hydrogens is 246 g/mol. The van der Waals surface area contributed by atoms with Crippen molar-refractivity contribution >= 4 is 28.1 Å². The van der Waals surface area contributed by atoms with E-state index in [9.17, 15) is 4.79 Å². The lowest BCUT2D eigenvalue weighted by Gasteiger charge is -2.03. The number of aromatic amines is 1. The van der Waals surface area contributed by atoms with E-state index in [0.717, 1.165) is 15.9 Å². The van der Waals surface area contributed by atoms with Crippen molar-refractivity contribution in [1.82, 2.24) is 15.3 Å². The molecule has 2 N–H and O–H groups in total. The molecular formula is C13H11N3OS. The molecule has 0 fully saturated rings. The van der Waals surface area contributed by atoms with Gasteiger partial charge < -0.3 is 10.3 Å². The van der Waals surface area contributed by atoms with Gasteiger partial charge >= 0.3 is 0 Å². The number of H-pyrrole nitrogens is 1. The highest BCUT2D eigenvalue weighted by Gasteiger charge is 2.07. The Hall–Kier alpha value is -2.14. The molecule has 0 saturated heterocycles. The Kier molecular flexibility index (Phi) is 2.82. The number of carbonyl (C=O) groups is 1. The lowest BCUT2D eigenvalue weighted by atomic mass is 10.1. The number of nitrogens with zero attached hydrogens (tertiary/aromatic N) is 1.